The highest BCUT2D eigenvalue weighted by atomic mass is 15.4. The van der Waals surface area contributed by atoms with Crippen LogP contribution in [0, 0.1) is 0 Å². The second-order valence-corrected chi connectivity index (χ2v) is 4.70. The van der Waals surface area contributed by atoms with E-state index in [1.54, 1.807) is 0 Å². The molecule has 0 aromatic carbocycles. The lowest BCUT2D eigenvalue weighted by atomic mass is 10.2. The second kappa shape index (κ2) is 4.11. The molecule has 0 fully saturated rings. The summed E-state index contributed by atoms with van der Waals surface area (Å²) in [6.45, 7) is 13.1. The Morgan fingerprint density at radius 1 is 1.14 bits per heavy atom. The predicted octanol–water partition coefficient (Wildman–Crippen LogP) is 2.46. The SMILES string of the molecule is CC(C)c1nn(C(C)C)c[n+]1C(C)C. The second-order valence-electron chi connectivity index (χ2n) is 4.70. The molecule has 0 atom stereocenters. The van der Waals surface area contributed by atoms with Crippen LogP contribution >= 0.6 is 0 Å². The summed E-state index contributed by atoms with van der Waals surface area (Å²) in [5.74, 6) is 1.66. The van der Waals surface area contributed by atoms with Crippen molar-refractivity contribution in [3.63, 3.8) is 0 Å². The molecule has 1 heterocycles. The third kappa shape index (κ3) is 2.14. The van der Waals surface area contributed by atoms with E-state index < -0.39 is 0 Å². The van der Waals surface area contributed by atoms with Gasteiger partial charge in [-0.2, -0.15) is 0 Å². The minimum absolute atomic E-state index is 0.438. The van der Waals surface area contributed by atoms with Crippen molar-refractivity contribution in [1.82, 2.24) is 9.78 Å². The van der Waals surface area contributed by atoms with Crippen LogP contribution in [-0.4, -0.2) is 9.78 Å². The molecule has 1 rings (SSSR count). The van der Waals surface area contributed by atoms with Gasteiger partial charge in [-0.25, -0.2) is 4.57 Å². The summed E-state index contributed by atoms with van der Waals surface area (Å²) >= 11 is 0. The zero-order valence-electron chi connectivity index (χ0n) is 10.2. The lowest BCUT2D eigenvalue weighted by molar-refractivity contribution is -0.724. The highest BCUT2D eigenvalue weighted by Crippen LogP contribution is 2.11. The van der Waals surface area contributed by atoms with E-state index >= 15 is 0 Å². The first-order chi connectivity index (χ1) is 6.43. The molecule has 80 valence electrons. The Morgan fingerprint density at radius 2 is 1.71 bits per heavy atom. The van der Waals surface area contributed by atoms with Gasteiger partial charge in [-0.1, -0.05) is 13.8 Å². The summed E-state index contributed by atoms with van der Waals surface area (Å²) in [7, 11) is 0. The molecule has 0 saturated heterocycles. The molecule has 1 aromatic heterocycles. The first-order valence-corrected chi connectivity index (χ1v) is 5.43. The van der Waals surface area contributed by atoms with E-state index in [4.69, 9.17) is 0 Å². The van der Waals surface area contributed by atoms with Gasteiger partial charge in [0.2, 0.25) is 6.33 Å². The first-order valence-electron chi connectivity index (χ1n) is 5.43. The molecule has 0 N–H and O–H groups in total. The maximum Gasteiger partial charge on any atom is 0.280 e. The third-order valence-corrected chi connectivity index (χ3v) is 2.33. The summed E-state index contributed by atoms with van der Waals surface area (Å²) in [6.07, 6.45) is 2.12. The van der Waals surface area contributed by atoms with Crippen molar-refractivity contribution in [3.8, 4) is 0 Å². The molecular formula is C11H22N3+. The standard InChI is InChI=1S/C11H22N3/c1-8(2)11-12-14(10(5)6)7-13(11)9(3)4/h7-10H,1-6H3/q+1. The molecule has 0 unspecified atom stereocenters. The van der Waals surface area contributed by atoms with Crippen LogP contribution in [0.5, 0.6) is 0 Å². The van der Waals surface area contributed by atoms with Gasteiger partial charge in [-0.3, -0.25) is 0 Å². The molecule has 0 amide bonds. The summed E-state index contributed by atoms with van der Waals surface area (Å²) in [5.41, 5.74) is 0. The number of rotatable bonds is 3. The van der Waals surface area contributed by atoms with Crippen LogP contribution in [0.3, 0.4) is 0 Å². The highest BCUT2D eigenvalue weighted by molar-refractivity contribution is 4.81. The Hall–Kier alpha value is -0.860. The number of nitrogens with zero attached hydrogens (tertiary/aromatic N) is 3. The fourth-order valence-corrected chi connectivity index (χ4v) is 1.44. The van der Waals surface area contributed by atoms with Gasteiger partial charge in [0.15, 0.2) is 0 Å². The summed E-state index contributed by atoms with van der Waals surface area (Å²) < 4.78 is 4.29. The molecule has 0 bridgehead atoms. The average Bonchev–Trinajstić information content (AvgIpc) is 2.47. The fraction of sp³-hybridized carbons (Fsp3) is 0.818. The van der Waals surface area contributed by atoms with Crippen molar-refractivity contribution in [1.29, 1.82) is 0 Å². The van der Waals surface area contributed by atoms with Crippen LogP contribution in [0.4, 0.5) is 0 Å². The topological polar surface area (TPSA) is 21.7 Å². The van der Waals surface area contributed by atoms with Gasteiger partial charge in [-0.15, -0.1) is 4.68 Å². The Kier molecular flexibility index (Phi) is 3.29. The van der Waals surface area contributed by atoms with E-state index in [1.807, 2.05) is 4.68 Å². The molecule has 3 heteroatoms. The number of hydrogen-bond donors (Lipinski definition) is 0. The quantitative estimate of drug-likeness (QED) is 0.681. The first kappa shape index (κ1) is 11.2. The molecule has 0 saturated carbocycles. The van der Waals surface area contributed by atoms with Crippen molar-refractivity contribution in [3.05, 3.63) is 12.2 Å². The monoisotopic (exact) mass is 196 g/mol. The average molecular weight is 196 g/mol. The summed E-state index contributed by atoms with van der Waals surface area (Å²) in [4.78, 5) is 0. The van der Waals surface area contributed by atoms with E-state index in [0.29, 0.717) is 18.0 Å². The van der Waals surface area contributed by atoms with E-state index in [1.165, 1.54) is 5.82 Å². The Bertz CT molecular complexity index is 272. The van der Waals surface area contributed by atoms with Crippen LogP contribution in [0.1, 0.15) is 65.4 Å². The van der Waals surface area contributed by atoms with Crippen LogP contribution in [0.15, 0.2) is 6.33 Å². The van der Waals surface area contributed by atoms with Crippen molar-refractivity contribution in [2.45, 2.75) is 59.5 Å². The van der Waals surface area contributed by atoms with E-state index in [0.717, 1.165) is 0 Å². The largest absolute Gasteiger partial charge is 0.280 e. The normalized spacial score (nSPS) is 12.1. The lowest BCUT2D eigenvalue weighted by Gasteiger charge is -2.04. The fourth-order valence-electron chi connectivity index (χ4n) is 1.44. The van der Waals surface area contributed by atoms with Gasteiger partial charge in [0.1, 0.15) is 6.04 Å². The maximum atomic E-state index is 4.61. The summed E-state index contributed by atoms with van der Waals surface area (Å²) in [6, 6.07) is 0.924. The van der Waals surface area contributed by atoms with Crippen molar-refractivity contribution in [2.75, 3.05) is 0 Å². The van der Waals surface area contributed by atoms with Gasteiger partial charge in [0.25, 0.3) is 5.82 Å². The Balaban J connectivity index is 3.12. The van der Waals surface area contributed by atoms with Gasteiger partial charge in [0.05, 0.1) is 6.04 Å². The van der Waals surface area contributed by atoms with Crippen LogP contribution < -0.4 is 4.57 Å². The predicted molar refractivity (Wildman–Crippen MR) is 57.3 cm³/mol. The van der Waals surface area contributed by atoms with Crippen molar-refractivity contribution < 1.29 is 4.57 Å². The molecule has 1 aromatic rings. The molecular weight excluding hydrogens is 174 g/mol. The molecule has 0 aliphatic rings. The maximum absolute atomic E-state index is 4.61. The molecule has 0 aliphatic heterocycles. The van der Waals surface area contributed by atoms with Crippen molar-refractivity contribution in [2.24, 2.45) is 0 Å². The van der Waals surface area contributed by atoms with Crippen molar-refractivity contribution >= 4 is 0 Å². The van der Waals surface area contributed by atoms with E-state index in [-0.39, 0.29) is 0 Å². The van der Waals surface area contributed by atoms with Gasteiger partial charge in [-0.05, 0) is 27.7 Å². The molecule has 0 radical (unpaired) electrons. The molecule has 0 aliphatic carbocycles. The minimum Gasteiger partial charge on any atom is -0.232 e. The van der Waals surface area contributed by atoms with Crippen LogP contribution in [0.2, 0.25) is 0 Å². The molecule has 14 heavy (non-hydrogen) atoms. The Morgan fingerprint density at radius 3 is 2.00 bits per heavy atom. The lowest BCUT2D eigenvalue weighted by Crippen LogP contribution is -2.39. The van der Waals surface area contributed by atoms with Crippen LogP contribution in [-0.2, 0) is 0 Å². The van der Waals surface area contributed by atoms with Gasteiger partial charge < -0.3 is 0 Å². The summed E-state index contributed by atoms with van der Waals surface area (Å²) in [5, 5.41) is 4.61. The minimum atomic E-state index is 0.438. The zero-order chi connectivity index (χ0) is 10.9. The van der Waals surface area contributed by atoms with E-state index in [9.17, 15) is 0 Å². The third-order valence-electron chi connectivity index (χ3n) is 2.33. The molecule has 3 nitrogen and oxygen atoms in total. The Labute approximate surface area is 86.8 Å². The van der Waals surface area contributed by atoms with Crippen LogP contribution in [0.25, 0.3) is 0 Å². The molecule has 0 spiro atoms. The number of aromatic nitrogens is 3. The number of hydrogen-bond acceptors (Lipinski definition) is 1. The van der Waals surface area contributed by atoms with E-state index in [2.05, 4.69) is 57.5 Å². The van der Waals surface area contributed by atoms with Gasteiger partial charge >= 0.3 is 0 Å². The van der Waals surface area contributed by atoms with Gasteiger partial charge in [0, 0.05) is 11.0 Å². The highest BCUT2D eigenvalue weighted by Gasteiger charge is 2.22. The smallest absolute Gasteiger partial charge is 0.232 e. The zero-order valence-corrected chi connectivity index (χ0v) is 10.2.